The maximum Gasteiger partial charge on any atom is 0.127 e. The zero-order chi connectivity index (χ0) is 14.1. The minimum atomic E-state index is -0.239. The first-order valence-electron chi connectivity index (χ1n) is 7.13. The Kier molecular flexibility index (Phi) is 7.14. The summed E-state index contributed by atoms with van der Waals surface area (Å²) in [6, 6.07) is 7.00. The third-order valence-electron chi connectivity index (χ3n) is 3.30. The first kappa shape index (κ1) is 15.7. The summed E-state index contributed by atoms with van der Waals surface area (Å²) in [6.07, 6.45) is 5.74. The molecule has 1 N–H and O–H groups in total. The molecule has 0 bridgehead atoms. The molecule has 1 atom stereocenters. The summed E-state index contributed by atoms with van der Waals surface area (Å²) in [7, 11) is 0. The first-order valence-corrected chi connectivity index (χ1v) is 7.13. The molecule has 19 heavy (non-hydrogen) atoms. The number of unbranched alkanes of at least 4 members (excludes halogenated alkanes) is 1. The van der Waals surface area contributed by atoms with Gasteiger partial charge < -0.3 is 5.32 Å². The second-order valence-electron chi connectivity index (χ2n) is 4.93. The molecular weight excluding hydrogens is 239 g/mol. The topological polar surface area (TPSA) is 35.8 Å². The fourth-order valence-electron chi connectivity index (χ4n) is 2.18. The Morgan fingerprint density at radius 2 is 2.05 bits per heavy atom. The lowest BCUT2D eigenvalue weighted by Crippen LogP contribution is -2.28. The molecule has 0 aliphatic rings. The van der Waals surface area contributed by atoms with E-state index in [2.05, 4.69) is 19.2 Å². The number of hydrogen-bond acceptors (Lipinski definition) is 2. The molecule has 0 heterocycles. The van der Waals surface area contributed by atoms with E-state index in [1.165, 1.54) is 25.0 Å². The maximum absolute atomic E-state index is 13.6. The van der Waals surface area contributed by atoms with Crippen LogP contribution in [0.3, 0.4) is 0 Å². The third kappa shape index (κ3) is 5.40. The molecule has 1 rings (SSSR count). The number of nitriles is 1. The third-order valence-corrected chi connectivity index (χ3v) is 3.30. The van der Waals surface area contributed by atoms with Crippen LogP contribution in [-0.4, -0.2) is 6.04 Å². The van der Waals surface area contributed by atoms with E-state index in [4.69, 9.17) is 5.26 Å². The maximum atomic E-state index is 13.6. The van der Waals surface area contributed by atoms with Crippen LogP contribution >= 0.6 is 0 Å². The summed E-state index contributed by atoms with van der Waals surface area (Å²) < 4.78 is 13.6. The summed E-state index contributed by atoms with van der Waals surface area (Å²) in [5.41, 5.74) is 1.09. The molecule has 0 radical (unpaired) electrons. The van der Waals surface area contributed by atoms with Gasteiger partial charge in [0, 0.05) is 18.2 Å². The highest BCUT2D eigenvalue weighted by Gasteiger charge is 2.09. The van der Waals surface area contributed by atoms with Crippen molar-refractivity contribution in [3.8, 4) is 6.07 Å². The summed E-state index contributed by atoms with van der Waals surface area (Å²) >= 11 is 0. The van der Waals surface area contributed by atoms with E-state index in [1.54, 1.807) is 6.07 Å². The second kappa shape index (κ2) is 8.66. The second-order valence-corrected chi connectivity index (χ2v) is 4.93. The summed E-state index contributed by atoms with van der Waals surface area (Å²) in [5.74, 6) is -0.239. The number of rotatable bonds is 8. The van der Waals surface area contributed by atoms with Crippen LogP contribution < -0.4 is 5.32 Å². The van der Waals surface area contributed by atoms with Gasteiger partial charge in [0.15, 0.2) is 0 Å². The number of hydrogen-bond donors (Lipinski definition) is 1. The molecule has 1 unspecified atom stereocenters. The van der Waals surface area contributed by atoms with Gasteiger partial charge in [0.1, 0.15) is 5.82 Å². The Balaban J connectivity index is 2.60. The molecule has 3 heteroatoms. The molecule has 0 aliphatic heterocycles. The summed E-state index contributed by atoms with van der Waals surface area (Å²) in [5, 5.41) is 12.3. The van der Waals surface area contributed by atoms with Crippen LogP contribution in [0.2, 0.25) is 0 Å². The zero-order valence-electron chi connectivity index (χ0n) is 11.9. The Labute approximate surface area is 115 Å². The van der Waals surface area contributed by atoms with Crippen molar-refractivity contribution in [2.24, 2.45) is 0 Å². The Morgan fingerprint density at radius 3 is 2.68 bits per heavy atom. The predicted octanol–water partition coefficient (Wildman–Crippen LogP) is 4.15. The zero-order valence-corrected chi connectivity index (χ0v) is 11.9. The molecule has 0 aromatic heterocycles. The van der Waals surface area contributed by atoms with Crippen LogP contribution in [0.5, 0.6) is 0 Å². The van der Waals surface area contributed by atoms with Crippen molar-refractivity contribution in [3.05, 3.63) is 35.1 Å². The van der Waals surface area contributed by atoms with Crippen molar-refractivity contribution >= 4 is 0 Å². The molecule has 0 spiro atoms. The molecule has 1 aromatic carbocycles. The normalized spacial score (nSPS) is 12.1. The number of halogens is 1. The van der Waals surface area contributed by atoms with Crippen LogP contribution in [0.25, 0.3) is 0 Å². The van der Waals surface area contributed by atoms with E-state index in [0.717, 1.165) is 19.3 Å². The smallest absolute Gasteiger partial charge is 0.127 e. The van der Waals surface area contributed by atoms with Crippen molar-refractivity contribution < 1.29 is 4.39 Å². The summed E-state index contributed by atoms with van der Waals surface area (Å²) in [6.45, 7) is 4.84. The standard InChI is InChI=1S/C16H23FN2/c1-3-5-7-15(6-4-2)19-12-14-10-13(11-18)8-9-16(14)17/h8-10,15,19H,3-7,12H2,1-2H3. The molecule has 0 saturated heterocycles. The van der Waals surface area contributed by atoms with Gasteiger partial charge in [-0.3, -0.25) is 0 Å². The van der Waals surface area contributed by atoms with Gasteiger partial charge in [-0.2, -0.15) is 5.26 Å². The van der Waals surface area contributed by atoms with Crippen LogP contribution in [0.4, 0.5) is 4.39 Å². The molecular formula is C16H23FN2. The number of nitrogens with one attached hydrogen (secondary N) is 1. The van der Waals surface area contributed by atoms with Gasteiger partial charge in [-0.05, 0) is 31.0 Å². The van der Waals surface area contributed by atoms with Crippen LogP contribution in [0.1, 0.15) is 57.1 Å². The van der Waals surface area contributed by atoms with Gasteiger partial charge in [0.2, 0.25) is 0 Å². The minimum Gasteiger partial charge on any atom is -0.310 e. The fourth-order valence-corrected chi connectivity index (χ4v) is 2.18. The van der Waals surface area contributed by atoms with E-state index in [1.807, 2.05) is 6.07 Å². The van der Waals surface area contributed by atoms with Crippen molar-refractivity contribution in [1.29, 1.82) is 5.26 Å². The van der Waals surface area contributed by atoms with Gasteiger partial charge in [-0.25, -0.2) is 4.39 Å². The van der Waals surface area contributed by atoms with Gasteiger partial charge in [0.05, 0.1) is 11.6 Å². The molecule has 1 aromatic rings. The highest BCUT2D eigenvalue weighted by molar-refractivity contribution is 5.33. The van der Waals surface area contributed by atoms with E-state index < -0.39 is 0 Å². The molecule has 104 valence electrons. The highest BCUT2D eigenvalue weighted by atomic mass is 19.1. The molecule has 2 nitrogen and oxygen atoms in total. The molecule has 0 amide bonds. The van der Waals surface area contributed by atoms with Gasteiger partial charge in [-0.15, -0.1) is 0 Å². The monoisotopic (exact) mass is 262 g/mol. The van der Waals surface area contributed by atoms with Gasteiger partial charge in [0.25, 0.3) is 0 Å². The van der Waals surface area contributed by atoms with E-state index in [9.17, 15) is 4.39 Å². The van der Waals surface area contributed by atoms with Crippen LogP contribution in [0, 0.1) is 17.1 Å². The van der Waals surface area contributed by atoms with Crippen molar-refractivity contribution in [2.75, 3.05) is 0 Å². The average molecular weight is 262 g/mol. The lowest BCUT2D eigenvalue weighted by molar-refractivity contribution is 0.429. The van der Waals surface area contributed by atoms with E-state index in [0.29, 0.717) is 23.7 Å². The Bertz CT molecular complexity index is 423. The van der Waals surface area contributed by atoms with Crippen LogP contribution in [-0.2, 0) is 6.54 Å². The Hall–Kier alpha value is -1.40. The Morgan fingerprint density at radius 1 is 1.26 bits per heavy atom. The van der Waals surface area contributed by atoms with E-state index >= 15 is 0 Å². The average Bonchev–Trinajstić information content (AvgIpc) is 2.43. The van der Waals surface area contributed by atoms with Gasteiger partial charge in [-0.1, -0.05) is 33.1 Å². The van der Waals surface area contributed by atoms with Gasteiger partial charge >= 0.3 is 0 Å². The fraction of sp³-hybridized carbons (Fsp3) is 0.562. The van der Waals surface area contributed by atoms with Crippen molar-refractivity contribution in [1.82, 2.24) is 5.32 Å². The molecule has 0 aliphatic carbocycles. The minimum absolute atomic E-state index is 0.239. The first-order chi connectivity index (χ1) is 9.21. The van der Waals surface area contributed by atoms with Crippen molar-refractivity contribution in [3.63, 3.8) is 0 Å². The number of benzene rings is 1. The predicted molar refractivity (Wildman–Crippen MR) is 76.2 cm³/mol. The lowest BCUT2D eigenvalue weighted by Gasteiger charge is -2.18. The molecule has 0 fully saturated rings. The van der Waals surface area contributed by atoms with Crippen LogP contribution in [0.15, 0.2) is 18.2 Å². The number of nitrogens with zero attached hydrogens (tertiary/aromatic N) is 1. The largest absolute Gasteiger partial charge is 0.310 e. The van der Waals surface area contributed by atoms with Crippen molar-refractivity contribution in [2.45, 2.75) is 58.5 Å². The quantitative estimate of drug-likeness (QED) is 0.764. The summed E-state index contributed by atoms with van der Waals surface area (Å²) in [4.78, 5) is 0. The van der Waals surface area contributed by atoms with E-state index in [-0.39, 0.29) is 5.82 Å². The molecule has 0 saturated carbocycles. The highest BCUT2D eigenvalue weighted by Crippen LogP contribution is 2.12. The SMILES string of the molecule is CCCCC(CCC)NCc1cc(C#N)ccc1F. The lowest BCUT2D eigenvalue weighted by atomic mass is 10.0.